The molecule has 0 bridgehead atoms. The summed E-state index contributed by atoms with van der Waals surface area (Å²) in [7, 11) is 0. The van der Waals surface area contributed by atoms with E-state index in [0.717, 1.165) is 18.9 Å². The number of hydrogen-bond acceptors (Lipinski definition) is 6. The molecule has 3 rings (SSSR count). The summed E-state index contributed by atoms with van der Waals surface area (Å²) in [6, 6.07) is 0.914. The van der Waals surface area contributed by atoms with Crippen LogP contribution >= 0.6 is 0 Å². The number of H-pyrrole nitrogens is 1. The first-order chi connectivity index (χ1) is 10.9. The topological polar surface area (TPSA) is 88.6 Å². The lowest BCUT2D eigenvalue weighted by Gasteiger charge is -2.14. The molecule has 1 fully saturated rings. The third-order valence-corrected chi connectivity index (χ3v) is 3.48. The third-order valence-electron chi connectivity index (χ3n) is 3.48. The number of aromatic amines is 1. The second kappa shape index (κ2) is 6.11. The highest BCUT2D eigenvalue weighted by Crippen LogP contribution is 2.31. The van der Waals surface area contributed by atoms with E-state index in [2.05, 4.69) is 30.5 Å². The molecule has 1 saturated heterocycles. The average molecular weight is 328 g/mol. The number of aromatic nitrogens is 5. The fraction of sp³-hybridized carbons (Fsp3) is 0.538. The van der Waals surface area contributed by atoms with Crippen molar-refractivity contribution in [1.82, 2.24) is 25.1 Å². The minimum Gasteiger partial charge on any atom is -0.365 e. The number of nitrogens with zero attached hydrogens (tertiary/aromatic N) is 4. The van der Waals surface area contributed by atoms with E-state index < -0.39 is 11.9 Å². The summed E-state index contributed by atoms with van der Waals surface area (Å²) >= 11 is 0. The Bertz CT molecular complexity index is 660. The molecule has 0 radical (unpaired) electrons. The van der Waals surface area contributed by atoms with Crippen molar-refractivity contribution >= 4 is 5.95 Å². The lowest BCUT2D eigenvalue weighted by Crippen LogP contribution is -2.21. The highest BCUT2D eigenvalue weighted by Gasteiger charge is 2.33. The van der Waals surface area contributed by atoms with Crippen molar-refractivity contribution in [2.75, 3.05) is 11.9 Å². The maximum atomic E-state index is 12.7. The summed E-state index contributed by atoms with van der Waals surface area (Å²) in [6.45, 7) is 1.82. The Hall–Kier alpha value is -2.23. The summed E-state index contributed by atoms with van der Waals surface area (Å²) in [5, 5.41) is 9.33. The standard InChI is InChI=1S/C13H15F3N6O/c1-7-4-10(13(14,15)16)21-12(20-7)17-5-8-2-3-9(23-8)11-18-6-19-22-11/h4,6,8-9H,2-3,5H2,1H3,(H,17,20,21)(H,18,19,22)/t8-,9+/m1/s1. The minimum atomic E-state index is -4.49. The van der Waals surface area contributed by atoms with Gasteiger partial charge in [-0.05, 0) is 25.8 Å². The van der Waals surface area contributed by atoms with Gasteiger partial charge >= 0.3 is 6.18 Å². The van der Waals surface area contributed by atoms with Crippen LogP contribution in [0.5, 0.6) is 0 Å². The van der Waals surface area contributed by atoms with E-state index >= 15 is 0 Å². The Morgan fingerprint density at radius 1 is 1.35 bits per heavy atom. The summed E-state index contributed by atoms with van der Waals surface area (Å²) < 4.78 is 44.0. The molecule has 2 atom stereocenters. The van der Waals surface area contributed by atoms with Crippen LogP contribution in [0.25, 0.3) is 0 Å². The Labute approximate surface area is 129 Å². The Morgan fingerprint density at radius 3 is 2.87 bits per heavy atom. The molecule has 0 amide bonds. The van der Waals surface area contributed by atoms with Crippen LogP contribution in [0.15, 0.2) is 12.4 Å². The highest BCUT2D eigenvalue weighted by atomic mass is 19.4. The molecule has 0 aliphatic carbocycles. The number of alkyl halides is 3. The van der Waals surface area contributed by atoms with Gasteiger partial charge in [0.05, 0.1) is 6.10 Å². The maximum absolute atomic E-state index is 12.7. The largest absolute Gasteiger partial charge is 0.433 e. The summed E-state index contributed by atoms with van der Waals surface area (Å²) in [5.41, 5.74) is -0.707. The summed E-state index contributed by atoms with van der Waals surface area (Å²) in [5.74, 6) is 0.600. The van der Waals surface area contributed by atoms with Gasteiger partial charge in [0.2, 0.25) is 5.95 Å². The van der Waals surface area contributed by atoms with E-state index in [0.29, 0.717) is 12.4 Å². The molecule has 0 spiro atoms. The zero-order valence-electron chi connectivity index (χ0n) is 12.3. The fourth-order valence-corrected chi connectivity index (χ4v) is 2.43. The number of ether oxygens (including phenoxy) is 1. The first-order valence-corrected chi connectivity index (χ1v) is 7.09. The van der Waals surface area contributed by atoms with Gasteiger partial charge in [-0.1, -0.05) is 0 Å². The maximum Gasteiger partial charge on any atom is 0.433 e. The molecule has 3 heterocycles. The first-order valence-electron chi connectivity index (χ1n) is 7.09. The number of anilines is 1. The zero-order chi connectivity index (χ0) is 16.4. The number of hydrogen-bond donors (Lipinski definition) is 2. The Kier molecular flexibility index (Phi) is 4.16. The van der Waals surface area contributed by atoms with Gasteiger partial charge in [0.1, 0.15) is 18.1 Å². The first kappa shape index (κ1) is 15.7. The van der Waals surface area contributed by atoms with Crippen molar-refractivity contribution in [3.05, 3.63) is 29.6 Å². The minimum absolute atomic E-state index is 0.0518. The molecule has 0 aromatic carbocycles. The van der Waals surface area contributed by atoms with Crippen LogP contribution in [0.1, 0.15) is 36.2 Å². The lowest BCUT2D eigenvalue weighted by atomic mass is 10.2. The van der Waals surface area contributed by atoms with E-state index in [1.54, 1.807) is 0 Å². The predicted octanol–water partition coefficient (Wildman–Crippen LogP) is 2.25. The van der Waals surface area contributed by atoms with Gasteiger partial charge in [0.15, 0.2) is 5.82 Å². The molecule has 2 N–H and O–H groups in total. The van der Waals surface area contributed by atoms with Gasteiger partial charge in [0, 0.05) is 12.2 Å². The van der Waals surface area contributed by atoms with Crippen LogP contribution in [0.3, 0.4) is 0 Å². The van der Waals surface area contributed by atoms with Crippen molar-refractivity contribution in [1.29, 1.82) is 0 Å². The molecule has 124 valence electrons. The summed E-state index contributed by atoms with van der Waals surface area (Å²) in [6.07, 6.45) is -1.88. The third kappa shape index (κ3) is 3.76. The molecular weight excluding hydrogens is 313 g/mol. The molecule has 10 heteroatoms. The van der Waals surface area contributed by atoms with Crippen LogP contribution in [-0.2, 0) is 10.9 Å². The van der Waals surface area contributed by atoms with Crippen LogP contribution in [0.2, 0.25) is 0 Å². The molecule has 0 saturated carbocycles. The van der Waals surface area contributed by atoms with Crippen molar-refractivity contribution < 1.29 is 17.9 Å². The van der Waals surface area contributed by atoms with Crippen LogP contribution < -0.4 is 5.32 Å². The number of aryl methyl sites for hydroxylation is 1. The molecular formula is C13H15F3N6O. The quantitative estimate of drug-likeness (QED) is 0.895. The molecule has 2 aromatic rings. The van der Waals surface area contributed by atoms with Crippen molar-refractivity contribution in [2.45, 2.75) is 38.1 Å². The number of nitrogens with one attached hydrogen (secondary N) is 2. The molecule has 2 aromatic heterocycles. The van der Waals surface area contributed by atoms with E-state index in [9.17, 15) is 13.2 Å². The second-order valence-corrected chi connectivity index (χ2v) is 5.29. The molecule has 0 unspecified atom stereocenters. The van der Waals surface area contributed by atoms with Gasteiger partial charge in [-0.2, -0.15) is 18.3 Å². The van der Waals surface area contributed by atoms with E-state index in [4.69, 9.17) is 4.74 Å². The van der Waals surface area contributed by atoms with Gasteiger partial charge in [0.25, 0.3) is 0 Å². The molecule has 1 aliphatic rings. The van der Waals surface area contributed by atoms with Gasteiger partial charge in [-0.3, -0.25) is 5.10 Å². The summed E-state index contributed by atoms with van der Waals surface area (Å²) in [4.78, 5) is 11.5. The van der Waals surface area contributed by atoms with Crippen LogP contribution in [-0.4, -0.2) is 37.8 Å². The molecule has 7 nitrogen and oxygen atoms in total. The van der Waals surface area contributed by atoms with E-state index in [1.165, 1.54) is 13.3 Å². The average Bonchev–Trinajstić information content (AvgIpc) is 3.15. The van der Waals surface area contributed by atoms with Crippen molar-refractivity contribution in [3.63, 3.8) is 0 Å². The Morgan fingerprint density at radius 2 is 2.17 bits per heavy atom. The predicted molar refractivity (Wildman–Crippen MR) is 73.5 cm³/mol. The molecule has 23 heavy (non-hydrogen) atoms. The van der Waals surface area contributed by atoms with Gasteiger partial charge < -0.3 is 10.1 Å². The fourth-order valence-electron chi connectivity index (χ4n) is 2.43. The Balaban J connectivity index is 1.60. The van der Waals surface area contributed by atoms with Gasteiger partial charge in [-0.25, -0.2) is 15.0 Å². The normalized spacial score (nSPS) is 21.6. The zero-order valence-corrected chi connectivity index (χ0v) is 12.3. The van der Waals surface area contributed by atoms with E-state index in [1.807, 2.05) is 0 Å². The smallest absolute Gasteiger partial charge is 0.365 e. The van der Waals surface area contributed by atoms with Crippen LogP contribution in [0.4, 0.5) is 19.1 Å². The van der Waals surface area contributed by atoms with Gasteiger partial charge in [-0.15, -0.1) is 0 Å². The molecule has 1 aliphatic heterocycles. The monoisotopic (exact) mass is 328 g/mol. The van der Waals surface area contributed by atoms with Crippen molar-refractivity contribution in [3.8, 4) is 0 Å². The lowest BCUT2D eigenvalue weighted by molar-refractivity contribution is -0.141. The SMILES string of the molecule is Cc1cc(C(F)(F)F)nc(NC[C@H]2CC[C@@H](c3ncn[nH]3)O2)n1. The van der Waals surface area contributed by atoms with Crippen molar-refractivity contribution in [2.24, 2.45) is 0 Å². The number of halogens is 3. The highest BCUT2D eigenvalue weighted by molar-refractivity contribution is 5.29. The van der Waals surface area contributed by atoms with Crippen LogP contribution in [0, 0.1) is 6.92 Å². The van der Waals surface area contributed by atoms with E-state index in [-0.39, 0.29) is 23.9 Å². The number of rotatable bonds is 4. The second-order valence-electron chi connectivity index (χ2n) is 5.29.